The second-order valence-electron chi connectivity index (χ2n) is 4.00. The van der Waals surface area contributed by atoms with Gasteiger partial charge in [-0.05, 0) is 17.5 Å². The van der Waals surface area contributed by atoms with Gasteiger partial charge in [0.1, 0.15) is 0 Å². The monoisotopic (exact) mass is 217 g/mol. The molecule has 0 aliphatic carbocycles. The maximum Gasteiger partial charge on any atom is 0.307 e. The number of para-hydroxylation sites is 1. The van der Waals surface area contributed by atoms with Crippen LogP contribution in [0.3, 0.4) is 0 Å². The SMILES string of the molecule is CCc1cccc2c(CC(=O)O)cn(C)c12. The van der Waals surface area contributed by atoms with Gasteiger partial charge < -0.3 is 9.67 Å². The van der Waals surface area contributed by atoms with E-state index in [0.29, 0.717) is 0 Å². The molecule has 2 rings (SSSR count). The first-order chi connectivity index (χ1) is 7.63. The fourth-order valence-corrected chi connectivity index (χ4v) is 2.22. The lowest BCUT2D eigenvalue weighted by molar-refractivity contribution is -0.136. The number of rotatable bonds is 3. The number of fused-ring (bicyclic) bond motifs is 1. The average molecular weight is 217 g/mol. The van der Waals surface area contributed by atoms with Crippen molar-refractivity contribution in [3.8, 4) is 0 Å². The number of benzene rings is 1. The predicted octanol–water partition coefficient (Wildman–Crippen LogP) is 2.37. The van der Waals surface area contributed by atoms with Crippen LogP contribution in [-0.2, 0) is 24.7 Å². The average Bonchev–Trinajstić information content (AvgIpc) is 2.55. The van der Waals surface area contributed by atoms with E-state index in [0.717, 1.165) is 22.9 Å². The standard InChI is InChI=1S/C13H15NO2/c1-3-9-5-4-6-11-10(7-12(15)16)8-14(2)13(9)11/h4-6,8H,3,7H2,1-2H3,(H,15,16). The number of aliphatic carboxylic acids is 1. The smallest absolute Gasteiger partial charge is 0.307 e. The molecule has 1 aromatic carbocycles. The first-order valence-corrected chi connectivity index (χ1v) is 5.41. The molecular weight excluding hydrogens is 202 g/mol. The van der Waals surface area contributed by atoms with Gasteiger partial charge in [0, 0.05) is 18.6 Å². The van der Waals surface area contributed by atoms with Crippen molar-refractivity contribution < 1.29 is 9.90 Å². The zero-order chi connectivity index (χ0) is 11.7. The number of hydrogen-bond donors (Lipinski definition) is 1. The summed E-state index contributed by atoms with van der Waals surface area (Å²) in [7, 11) is 1.97. The normalized spacial score (nSPS) is 10.9. The first-order valence-electron chi connectivity index (χ1n) is 5.41. The van der Waals surface area contributed by atoms with Crippen LogP contribution in [0.5, 0.6) is 0 Å². The van der Waals surface area contributed by atoms with Gasteiger partial charge in [0.05, 0.1) is 11.9 Å². The summed E-state index contributed by atoms with van der Waals surface area (Å²) in [4.78, 5) is 10.8. The van der Waals surface area contributed by atoms with E-state index in [2.05, 4.69) is 13.0 Å². The van der Waals surface area contributed by atoms with Crippen molar-refractivity contribution in [2.45, 2.75) is 19.8 Å². The minimum absolute atomic E-state index is 0.0878. The molecule has 0 fully saturated rings. The highest BCUT2D eigenvalue weighted by Crippen LogP contribution is 2.24. The van der Waals surface area contributed by atoms with Crippen molar-refractivity contribution in [2.75, 3.05) is 0 Å². The van der Waals surface area contributed by atoms with Gasteiger partial charge in [0.25, 0.3) is 0 Å². The van der Waals surface area contributed by atoms with Gasteiger partial charge >= 0.3 is 5.97 Å². The topological polar surface area (TPSA) is 42.2 Å². The Morgan fingerprint density at radius 1 is 1.38 bits per heavy atom. The van der Waals surface area contributed by atoms with E-state index in [4.69, 9.17) is 5.11 Å². The van der Waals surface area contributed by atoms with Crippen LogP contribution >= 0.6 is 0 Å². The minimum Gasteiger partial charge on any atom is -0.481 e. The number of carboxylic acids is 1. The Kier molecular flexibility index (Phi) is 2.69. The maximum absolute atomic E-state index is 10.8. The van der Waals surface area contributed by atoms with E-state index >= 15 is 0 Å². The van der Waals surface area contributed by atoms with Crippen molar-refractivity contribution in [2.24, 2.45) is 7.05 Å². The van der Waals surface area contributed by atoms with Crippen LogP contribution in [0.4, 0.5) is 0 Å². The van der Waals surface area contributed by atoms with Crippen LogP contribution in [0.15, 0.2) is 24.4 Å². The summed E-state index contributed by atoms with van der Waals surface area (Å²) in [6.45, 7) is 2.11. The summed E-state index contributed by atoms with van der Waals surface area (Å²) in [6, 6.07) is 6.08. The zero-order valence-corrected chi connectivity index (χ0v) is 9.53. The summed E-state index contributed by atoms with van der Waals surface area (Å²) in [5, 5.41) is 9.91. The van der Waals surface area contributed by atoms with Crippen LogP contribution in [0, 0.1) is 0 Å². The van der Waals surface area contributed by atoms with Gasteiger partial charge in [-0.1, -0.05) is 25.1 Å². The lowest BCUT2D eigenvalue weighted by Crippen LogP contribution is -1.98. The van der Waals surface area contributed by atoms with E-state index in [9.17, 15) is 4.79 Å². The van der Waals surface area contributed by atoms with Gasteiger partial charge in [0.15, 0.2) is 0 Å². The zero-order valence-electron chi connectivity index (χ0n) is 9.53. The Morgan fingerprint density at radius 2 is 2.12 bits per heavy atom. The molecule has 0 saturated carbocycles. The van der Waals surface area contributed by atoms with Crippen LogP contribution in [0.1, 0.15) is 18.1 Å². The molecule has 3 nitrogen and oxygen atoms in total. The molecular formula is C13H15NO2. The Balaban J connectivity index is 2.66. The van der Waals surface area contributed by atoms with Crippen LogP contribution < -0.4 is 0 Å². The molecule has 0 bridgehead atoms. The third-order valence-electron chi connectivity index (χ3n) is 2.89. The van der Waals surface area contributed by atoms with Gasteiger partial charge in [-0.25, -0.2) is 0 Å². The fourth-order valence-electron chi connectivity index (χ4n) is 2.22. The molecule has 0 unspecified atom stereocenters. The third kappa shape index (κ3) is 1.69. The Morgan fingerprint density at radius 3 is 2.75 bits per heavy atom. The third-order valence-corrected chi connectivity index (χ3v) is 2.89. The molecule has 0 atom stereocenters. The second kappa shape index (κ2) is 4.00. The maximum atomic E-state index is 10.8. The van der Waals surface area contributed by atoms with Gasteiger partial charge in [0.2, 0.25) is 0 Å². The number of nitrogens with zero attached hydrogens (tertiary/aromatic N) is 1. The molecule has 2 aromatic rings. The first kappa shape index (κ1) is 10.7. The molecule has 3 heteroatoms. The Labute approximate surface area is 94.3 Å². The highest BCUT2D eigenvalue weighted by Gasteiger charge is 2.11. The summed E-state index contributed by atoms with van der Waals surface area (Å²) in [5.41, 5.74) is 3.30. The molecule has 0 amide bonds. The van der Waals surface area contributed by atoms with Crippen molar-refractivity contribution in [1.82, 2.24) is 4.57 Å². The minimum atomic E-state index is -0.783. The lowest BCUT2D eigenvalue weighted by Gasteiger charge is -2.02. The van der Waals surface area contributed by atoms with E-state index in [1.165, 1.54) is 5.56 Å². The molecule has 0 saturated heterocycles. The van der Waals surface area contributed by atoms with Crippen LogP contribution in [0.2, 0.25) is 0 Å². The van der Waals surface area contributed by atoms with Crippen molar-refractivity contribution >= 4 is 16.9 Å². The fraction of sp³-hybridized carbons (Fsp3) is 0.308. The van der Waals surface area contributed by atoms with E-state index in [-0.39, 0.29) is 6.42 Å². The Hall–Kier alpha value is -1.77. The largest absolute Gasteiger partial charge is 0.481 e. The van der Waals surface area contributed by atoms with E-state index in [1.54, 1.807) is 0 Å². The summed E-state index contributed by atoms with van der Waals surface area (Å²) < 4.78 is 2.02. The van der Waals surface area contributed by atoms with Gasteiger partial charge in [-0.3, -0.25) is 4.79 Å². The van der Waals surface area contributed by atoms with Crippen LogP contribution in [-0.4, -0.2) is 15.6 Å². The second-order valence-corrected chi connectivity index (χ2v) is 4.00. The molecule has 1 N–H and O–H groups in total. The summed E-state index contributed by atoms with van der Waals surface area (Å²) in [6.07, 6.45) is 2.96. The molecule has 16 heavy (non-hydrogen) atoms. The number of carbonyl (C=O) groups is 1. The molecule has 84 valence electrons. The van der Waals surface area contributed by atoms with E-state index in [1.807, 2.05) is 29.9 Å². The van der Waals surface area contributed by atoms with Gasteiger partial charge in [-0.15, -0.1) is 0 Å². The van der Waals surface area contributed by atoms with Gasteiger partial charge in [-0.2, -0.15) is 0 Å². The highest BCUT2D eigenvalue weighted by atomic mass is 16.4. The Bertz CT molecular complexity index is 540. The van der Waals surface area contributed by atoms with E-state index < -0.39 is 5.97 Å². The number of hydrogen-bond acceptors (Lipinski definition) is 1. The highest BCUT2D eigenvalue weighted by molar-refractivity contribution is 5.89. The number of carboxylic acid groups (broad SMARTS) is 1. The predicted molar refractivity (Wildman–Crippen MR) is 63.6 cm³/mol. The molecule has 0 aliphatic heterocycles. The number of aromatic nitrogens is 1. The van der Waals surface area contributed by atoms with Crippen LogP contribution in [0.25, 0.3) is 10.9 Å². The number of aryl methyl sites for hydroxylation is 2. The van der Waals surface area contributed by atoms with Crippen molar-refractivity contribution in [1.29, 1.82) is 0 Å². The molecule has 0 radical (unpaired) electrons. The molecule has 1 heterocycles. The molecule has 1 aromatic heterocycles. The lowest BCUT2D eigenvalue weighted by atomic mass is 10.1. The quantitative estimate of drug-likeness (QED) is 0.857. The van der Waals surface area contributed by atoms with Crippen molar-refractivity contribution in [3.63, 3.8) is 0 Å². The molecule has 0 aliphatic rings. The van der Waals surface area contributed by atoms with Crippen molar-refractivity contribution in [3.05, 3.63) is 35.5 Å². The summed E-state index contributed by atoms with van der Waals surface area (Å²) >= 11 is 0. The molecule has 0 spiro atoms. The summed E-state index contributed by atoms with van der Waals surface area (Å²) in [5.74, 6) is -0.783.